The zero-order valence-corrected chi connectivity index (χ0v) is 15.9. The average Bonchev–Trinajstić information content (AvgIpc) is 2.69. The fraction of sp³-hybridized carbons (Fsp3) is 0.0909. The number of benzene rings is 3. The molecule has 1 aliphatic rings. The smallest absolute Gasteiger partial charge is 0.262 e. The lowest BCUT2D eigenvalue weighted by atomic mass is 10.0. The quantitative estimate of drug-likeness (QED) is 0.655. The van der Waals surface area contributed by atoms with Crippen LogP contribution < -0.4 is 15.5 Å². The zero-order chi connectivity index (χ0) is 19.7. The normalized spacial score (nSPS) is 15.6. The van der Waals surface area contributed by atoms with Crippen LogP contribution in [-0.4, -0.2) is 11.8 Å². The maximum atomic E-state index is 13.3. The molecular weight excluding hydrogens is 374 g/mol. The van der Waals surface area contributed by atoms with Crippen LogP contribution in [0.25, 0.3) is 0 Å². The van der Waals surface area contributed by atoms with Crippen LogP contribution >= 0.6 is 11.6 Å². The molecule has 28 heavy (non-hydrogen) atoms. The summed E-state index contributed by atoms with van der Waals surface area (Å²) < 4.78 is 0. The summed E-state index contributed by atoms with van der Waals surface area (Å²) in [5, 5.41) is 6.74. The highest BCUT2D eigenvalue weighted by atomic mass is 35.5. The molecule has 0 fully saturated rings. The highest BCUT2D eigenvalue weighted by Gasteiger charge is 2.34. The Labute approximate surface area is 167 Å². The van der Waals surface area contributed by atoms with Crippen LogP contribution in [0.1, 0.15) is 29.0 Å². The Bertz CT molecular complexity index is 1050. The van der Waals surface area contributed by atoms with Gasteiger partial charge in [-0.3, -0.25) is 14.5 Å². The van der Waals surface area contributed by atoms with E-state index in [1.54, 1.807) is 23.1 Å². The van der Waals surface area contributed by atoms with E-state index in [9.17, 15) is 9.59 Å². The van der Waals surface area contributed by atoms with Crippen LogP contribution in [0.5, 0.6) is 0 Å². The molecule has 140 valence electrons. The number of rotatable bonds is 3. The second-order valence-corrected chi connectivity index (χ2v) is 6.92. The second kappa shape index (κ2) is 7.37. The highest BCUT2D eigenvalue weighted by molar-refractivity contribution is 6.31. The summed E-state index contributed by atoms with van der Waals surface area (Å²) in [4.78, 5) is 26.3. The van der Waals surface area contributed by atoms with E-state index in [2.05, 4.69) is 10.6 Å². The summed E-state index contributed by atoms with van der Waals surface area (Å²) in [6, 6.07) is 22.0. The van der Waals surface area contributed by atoms with Gasteiger partial charge in [0.05, 0.1) is 5.56 Å². The number of carbonyl (C=O) groups is 2. The van der Waals surface area contributed by atoms with Crippen molar-refractivity contribution in [3.05, 3.63) is 88.9 Å². The van der Waals surface area contributed by atoms with E-state index in [0.29, 0.717) is 22.0 Å². The maximum Gasteiger partial charge on any atom is 0.262 e. The molecule has 0 bridgehead atoms. The van der Waals surface area contributed by atoms with Gasteiger partial charge in [-0.2, -0.15) is 0 Å². The summed E-state index contributed by atoms with van der Waals surface area (Å²) in [6.07, 6.45) is -0.456. The van der Waals surface area contributed by atoms with Crippen molar-refractivity contribution >= 4 is 40.5 Å². The van der Waals surface area contributed by atoms with Crippen LogP contribution in [0.2, 0.25) is 5.02 Å². The molecule has 4 rings (SSSR count). The molecule has 2 N–H and O–H groups in total. The number of hydrogen-bond donors (Lipinski definition) is 2. The van der Waals surface area contributed by atoms with E-state index < -0.39 is 6.17 Å². The molecule has 0 unspecified atom stereocenters. The van der Waals surface area contributed by atoms with Crippen molar-refractivity contribution in [2.75, 3.05) is 15.5 Å². The summed E-state index contributed by atoms with van der Waals surface area (Å²) in [5.74, 6) is -0.266. The maximum absolute atomic E-state index is 13.3. The van der Waals surface area contributed by atoms with Crippen LogP contribution in [0.4, 0.5) is 17.1 Å². The second-order valence-electron chi connectivity index (χ2n) is 6.52. The Morgan fingerprint density at radius 2 is 1.68 bits per heavy atom. The van der Waals surface area contributed by atoms with Crippen molar-refractivity contribution in [1.29, 1.82) is 0 Å². The number of halogens is 1. The van der Waals surface area contributed by atoms with Crippen molar-refractivity contribution in [3.63, 3.8) is 0 Å². The highest BCUT2D eigenvalue weighted by Crippen LogP contribution is 2.38. The van der Waals surface area contributed by atoms with Crippen LogP contribution in [0.15, 0.2) is 72.8 Å². The monoisotopic (exact) mass is 391 g/mol. The molecule has 0 spiro atoms. The Hall–Kier alpha value is -3.31. The van der Waals surface area contributed by atoms with Gasteiger partial charge in [-0.25, -0.2) is 0 Å². The van der Waals surface area contributed by atoms with Crippen LogP contribution in [-0.2, 0) is 4.79 Å². The molecule has 1 atom stereocenters. The van der Waals surface area contributed by atoms with Gasteiger partial charge in [0, 0.05) is 34.6 Å². The molecule has 1 aliphatic heterocycles. The standard InChI is InChI=1S/C22H18ClN3O2/c1-14(27)24-15-10-12-16(13-11-15)26-21(17-6-2-4-8-19(17)23)25-20-9-5-3-7-18(20)22(26)28/h2-13,21,25H,1H3,(H,24,27)/t21-/m0/s1. The molecule has 3 aromatic rings. The predicted molar refractivity (Wildman–Crippen MR) is 112 cm³/mol. The van der Waals surface area contributed by atoms with Crippen LogP contribution in [0, 0.1) is 0 Å². The summed E-state index contributed by atoms with van der Waals surface area (Å²) >= 11 is 6.44. The lowest BCUT2D eigenvalue weighted by molar-refractivity contribution is -0.114. The third-order valence-electron chi connectivity index (χ3n) is 4.59. The number of amides is 2. The van der Waals surface area contributed by atoms with Crippen molar-refractivity contribution < 1.29 is 9.59 Å². The number of carbonyl (C=O) groups excluding carboxylic acids is 2. The fourth-order valence-corrected chi connectivity index (χ4v) is 3.58. The van der Waals surface area contributed by atoms with E-state index in [1.165, 1.54) is 6.92 Å². The molecule has 0 aromatic heterocycles. The van der Waals surface area contributed by atoms with E-state index in [1.807, 2.05) is 54.6 Å². The number of nitrogens with one attached hydrogen (secondary N) is 2. The Balaban J connectivity index is 1.80. The van der Waals surface area contributed by atoms with Gasteiger partial charge in [-0.15, -0.1) is 0 Å². The average molecular weight is 392 g/mol. The first-order valence-corrected chi connectivity index (χ1v) is 9.23. The summed E-state index contributed by atoms with van der Waals surface area (Å²) in [6.45, 7) is 1.45. The number of para-hydroxylation sites is 1. The van der Waals surface area contributed by atoms with Crippen LogP contribution in [0.3, 0.4) is 0 Å². The molecule has 2 amide bonds. The lowest BCUT2D eigenvalue weighted by Gasteiger charge is -2.38. The minimum Gasteiger partial charge on any atom is -0.360 e. The molecule has 0 saturated carbocycles. The summed E-state index contributed by atoms with van der Waals surface area (Å²) in [7, 11) is 0. The predicted octanol–water partition coefficient (Wildman–Crippen LogP) is 5.07. The molecular formula is C22H18ClN3O2. The molecule has 5 nitrogen and oxygen atoms in total. The largest absolute Gasteiger partial charge is 0.360 e. The first-order chi connectivity index (χ1) is 13.5. The zero-order valence-electron chi connectivity index (χ0n) is 15.1. The molecule has 1 heterocycles. The van der Waals surface area contributed by atoms with Crippen molar-refractivity contribution in [2.24, 2.45) is 0 Å². The molecule has 0 saturated heterocycles. The fourth-order valence-electron chi connectivity index (χ4n) is 3.34. The minimum absolute atomic E-state index is 0.119. The van der Waals surface area contributed by atoms with Gasteiger partial charge >= 0.3 is 0 Å². The van der Waals surface area contributed by atoms with Gasteiger partial charge < -0.3 is 10.6 Å². The molecule has 0 aliphatic carbocycles. The van der Waals surface area contributed by atoms with E-state index in [4.69, 9.17) is 11.6 Å². The molecule has 6 heteroatoms. The third kappa shape index (κ3) is 3.32. The van der Waals surface area contributed by atoms with Gasteiger partial charge in [0.15, 0.2) is 0 Å². The van der Waals surface area contributed by atoms with E-state index in [0.717, 1.165) is 11.3 Å². The first-order valence-electron chi connectivity index (χ1n) is 8.86. The number of hydrogen-bond acceptors (Lipinski definition) is 3. The summed E-state index contributed by atoms with van der Waals surface area (Å²) in [5.41, 5.74) is 3.53. The van der Waals surface area contributed by atoms with Crippen molar-refractivity contribution in [1.82, 2.24) is 0 Å². The topological polar surface area (TPSA) is 61.4 Å². The number of nitrogens with zero attached hydrogens (tertiary/aromatic N) is 1. The number of fused-ring (bicyclic) bond motifs is 1. The van der Waals surface area contributed by atoms with Crippen molar-refractivity contribution in [2.45, 2.75) is 13.1 Å². The minimum atomic E-state index is -0.456. The van der Waals surface area contributed by atoms with Gasteiger partial charge in [0.2, 0.25) is 5.91 Å². The Morgan fingerprint density at radius 3 is 2.39 bits per heavy atom. The molecule has 0 radical (unpaired) electrons. The number of anilines is 3. The third-order valence-corrected chi connectivity index (χ3v) is 4.94. The van der Waals surface area contributed by atoms with E-state index in [-0.39, 0.29) is 11.8 Å². The van der Waals surface area contributed by atoms with Gasteiger partial charge in [0.25, 0.3) is 5.91 Å². The van der Waals surface area contributed by atoms with Gasteiger partial charge in [-0.05, 0) is 42.5 Å². The van der Waals surface area contributed by atoms with Gasteiger partial charge in [0.1, 0.15) is 6.17 Å². The van der Waals surface area contributed by atoms with Crippen molar-refractivity contribution in [3.8, 4) is 0 Å². The Morgan fingerprint density at radius 1 is 1.00 bits per heavy atom. The van der Waals surface area contributed by atoms with Gasteiger partial charge in [-0.1, -0.05) is 41.9 Å². The Kier molecular flexibility index (Phi) is 4.75. The van der Waals surface area contributed by atoms with E-state index >= 15 is 0 Å². The molecule has 3 aromatic carbocycles. The lowest BCUT2D eigenvalue weighted by Crippen LogP contribution is -2.43. The SMILES string of the molecule is CC(=O)Nc1ccc(N2C(=O)c3ccccc3N[C@@H]2c2ccccc2Cl)cc1. The first kappa shape index (κ1) is 18.1.